The van der Waals surface area contributed by atoms with Crippen molar-refractivity contribution in [2.45, 2.75) is 0 Å². The van der Waals surface area contributed by atoms with Gasteiger partial charge in [0.05, 0.1) is 6.26 Å². The molecule has 1 heterocycles. The van der Waals surface area contributed by atoms with Crippen molar-refractivity contribution in [2.24, 2.45) is 20.7 Å². The van der Waals surface area contributed by atoms with E-state index in [0.29, 0.717) is 0 Å². The van der Waals surface area contributed by atoms with Gasteiger partial charge in [-0.3, -0.25) is 14.8 Å². The molecule has 0 radical (unpaired) electrons. The van der Waals surface area contributed by atoms with Crippen LogP contribution in [0, 0.1) is 0 Å². The molecular formula is C21H20N4O2. The number of hydrogen-bond donors (Lipinski definition) is 1. The maximum atomic E-state index is 11.3. The Morgan fingerprint density at radius 3 is 2.59 bits per heavy atom. The van der Waals surface area contributed by atoms with Crippen LogP contribution < -0.4 is 5.73 Å². The van der Waals surface area contributed by atoms with Gasteiger partial charge in [0.1, 0.15) is 5.71 Å². The second-order valence-corrected chi connectivity index (χ2v) is 5.14. The Hall–Kier alpha value is -3.80. The second-order valence-electron chi connectivity index (χ2n) is 5.14. The predicted octanol–water partition coefficient (Wildman–Crippen LogP) is 3.20. The normalized spacial score (nSPS) is 25.3. The molecule has 2 rings (SSSR count). The fraction of sp³-hybridized carbons (Fsp3) is 0.0476. The summed E-state index contributed by atoms with van der Waals surface area (Å²) in [6.45, 7) is 0.103. The van der Waals surface area contributed by atoms with Gasteiger partial charge in [0.25, 0.3) is 5.91 Å². The number of aliphatic imine (C=N–C) groups is 3. The number of primary amides is 1. The first-order valence-corrected chi connectivity index (χ1v) is 8.20. The molecule has 0 saturated heterocycles. The van der Waals surface area contributed by atoms with Crippen LogP contribution in [-0.2, 0) is 9.53 Å². The van der Waals surface area contributed by atoms with E-state index in [-0.39, 0.29) is 12.4 Å². The van der Waals surface area contributed by atoms with E-state index in [1.807, 2.05) is 54.6 Å². The van der Waals surface area contributed by atoms with Crippen LogP contribution in [0.1, 0.15) is 11.1 Å². The van der Waals surface area contributed by atoms with Crippen molar-refractivity contribution in [1.82, 2.24) is 0 Å². The Labute approximate surface area is 158 Å². The molecule has 0 spiro atoms. The van der Waals surface area contributed by atoms with E-state index in [9.17, 15) is 4.79 Å². The quantitative estimate of drug-likeness (QED) is 0.833. The highest BCUT2D eigenvalue weighted by molar-refractivity contribution is 6.42. The van der Waals surface area contributed by atoms with E-state index in [1.54, 1.807) is 18.5 Å². The number of allylic oxidation sites excluding steroid dienone is 5. The number of nitrogens with two attached hydrogens (primary N) is 1. The minimum Gasteiger partial charge on any atom is -0.479 e. The van der Waals surface area contributed by atoms with E-state index in [0.717, 1.165) is 11.1 Å². The average Bonchev–Trinajstić information content (AvgIpc) is 2.66. The molecule has 1 aliphatic rings. The van der Waals surface area contributed by atoms with Crippen LogP contribution in [-0.4, -0.2) is 30.8 Å². The lowest BCUT2D eigenvalue weighted by Gasteiger charge is -2.00. The molecular weight excluding hydrogens is 340 g/mol. The number of fused-ring (bicyclic) bond motifs is 1. The molecule has 6 nitrogen and oxygen atoms in total. The number of carbonyl (C=O) groups excluding carboxylic acids is 1. The molecule has 1 aromatic rings. The van der Waals surface area contributed by atoms with Gasteiger partial charge in [-0.1, -0.05) is 54.6 Å². The summed E-state index contributed by atoms with van der Waals surface area (Å²) in [5.41, 5.74) is 7.32. The number of hydrogen-bond acceptors (Lipinski definition) is 5. The van der Waals surface area contributed by atoms with Gasteiger partial charge in [-0.25, -0.2) is 4.99 Å². The van der Waals surface area contributed by atoms with E-state index in [1.165, 1.54) is 24.7 Å². The van der Waals surface area contributed by atoms with Crippen LogP contribution in [0.5, 0.6) is 0 Å². The summed E-state index contributed by atoms with van der Waals surface area (Å²) in [6.07, 6.45) is 20.3. The van der Waals surface area contributed by atoms with Crippen LogP contribution in [0.25, 0.3) is 6.08 Å². The zero-order valence-electron chi connectivity index (χ0n) is 14.7. The van der Waals surface area contributed by atoms with Crippen molar-refractivity contribution in [3.8, 4) is 0 Å². The minimum atomic E-state index is -0.667. The topological polar surface area (TPSA) is 89.4 Å². The summed E-state index contributed by atoms with van der Waals surface area (Å²) in [7, 11) is 0. The zero-order chi connectivity index (χ0) is 19.2. The zero-order valence-corrected chi connectivity index (χ0v) is 14.7. The largest absolute Gasteiger partial charge is 0.479 e. The summed E-state index contributed by atoms with van der Waals surface area (Å²) in [5.74, 6) is -0.667. The van der Waals surface area contributed by atoms with E-state index >= 15 is 0 Å². The van der Waals surface area contributed by atoms with E-state index in [2.05, 4.69) is 15.0 Å². The lowest BCUT2D eigenvalue weighted by molar-refractivity contribution is -0.111. The van der Waals surface area contributed by atoms with Gasteiger partial charge in [0, 0.05) is 30.9 Å². The number of carbonyl (C=O) groups is 1. The van der Waals surface area contributed by atoms with Crippen molar-refractivity contribution in [3.63, 3.8) is 0 Å². The highest BCUT2D eigenvalue weighted by Gasteiger charge is 2.00. The SMILES string of the molecule is NC(=O)C1=N/C=C\N=C/C=C\C=C/C=C\c2ccccc2/C=N\CO/C=C\1. The molecule has 2 N–H and O–H groups in total. The van der Waals surface area contributed by atoms with Crippen LogP contribution >= 0.6 is 0 Å². The minimum absolute atomic E-state index is 0.0498. The van der Waals surface area contributed by atoms with Crippen LogP contribution in [0.2, 0.25) is 0 Å². The van der Waals surface area contributed by atoms with Gasteiger partial charge in [-0.05, 0) is 17.2 Å². The molecule has 0 unspecified atom stereocenters. The number of rotatable bonds is 1. The van der Waals surface area contributed by atoms with E-state index in [4.69, 9.17) is 10.5 Å². The van der Waals surface area contributed by atoms with Gasteiger partial charge in [-0.2, -0.15) is 0 Å². The first-order chi connectivity index (χ1) is 13.3. The first-order valence-electron chi connectivity index (χ1n) is 8.20. The third-order valence-corrected chi connectivity index (χ3v) is 3.21. The molecule has 0 atom stereocenters. The number of nitrogens with zero attached hydrogens (tertiary/aromatic N) is 3. The fourth-order valence-electron chi connectivity index (χ4n) is 1.96. The average molecular weight is 360 g/mol. The molecule has 0 aromatic heterocycles. The van der Waals surface area contributed by atoms with Crippen molar-refractivity contribution in [1.29, 1.82) is 0 Å². The van der Waals surface area contributed by atoms with Crippen molar-refractivity contribution < 1.29 is 9.53 Å². The third-order valence-electron chi connectivity index (χ3n) is 3.21. The highest BCUT2D eigenvalue weighted by Crippen LogP contribution is 2.08. The molecule has 1 aliphatic heterocycles. The lowest BCUT2D eigenvalue weighted by atomic mass is 10.1. The standard InChI is InChI=1S/C21H20N4O2/c22-21(26)20-11-15-27-17-24-16-19-10-6-5-9-18(19)8-4-2-1-3-7-12-23-13-14-25-20/h1-16H,17H2,(H2,22,26)/b2-1-,7-3-,8-4-,14-13-,15-11-,23-12-,24-16-,25-20+. The summed E-state index contributed by atoms with van der Waals surface area (Å²) in [5, 5.41) is 0. The van der Waals surface area contributed by atoms with Gasteiger partial charge >= 0.3 is 0 Å². The Bertz CT molecular complexity index is 872. The Morgan fingerprint density at radius 1 is 0.963 bits per heavy atom. The number of amides is 1. The maximum absolute atomic E-state index is 11.3. The van der Waals surface area contributed by atoms with Crippen LogP contribution in [0.4, 0.5) is 0 Å². The Balaban J connectivity index is 2.22. The molecule has 0 saturated carbocycles. The van der Waals surface area contributed by atoms with Crippen molar-refractivity contribution in [3.05, 3.63) is 90.5 Å². The molecule has 136 valence electrons. The molecule has 0 aliphatic carbocycles. The van der Waals surface area contributed by atoms with E-state index < -0.39 is 5.91 Å². The van der Waals surface area contributed by atoms with Crippen molar-refractivity contribution >= 4 is 30.1 Å². The lowest BCUT2D eigenvalue weighted by Crippen LogP contribution is -2.21. The Kier molecular flexibility index (Phi) is 8.46. The monoisotopic (exact) mass is 360 g/mol. The molecule has 1 amide bonds. The highest BCUT2D eigenvalue weighted by atomic mass is 16.5. The Morgan fingerprint density at radius 2 is 1.74 bits per heavy atom. The van der Waals surface area contributed by atoms with Crippen LogP contribution in [0.3, 0.4) is 0 Å². The van der Waals surface area contributed by atoms with Gasteiger partial charge in [-0.15, -0.1) is 0 Å². The third kappa shape index (κ3) is 7.74. The van der Waals surface area contributed by atoms with Crippen LogP contribution in [0.15, 0.2) is 94.4 Å². The fourth-order valence-corrected chi connectivity index (χ4v) is 1.96. The summed E-state index contributed by atoms with van der Waals surface area (Å²) >= 11 is 0. The molecule has 1 aromatic carbocycles. The molecule has 6 heteroatoms. The summed E-state index contributed by atoms with van der Waals surface area (Å²) in [6, 6.07) is 7.88. The van der Waals surface area contributed by atoms with Gasteiger partial charge in [0.15, 0.2) is 6.73 Å². The number of ether oxygens (including phenoxy) is 1. The summed E-state index contributed by atoms with van der Waals surface area (Å²) in [4.78, 5) is 23.5. The number of benzene rings is 1. The second kappa shape index (κ2) is 11.7. The van der Waals surface area contributed by atoms with Gasteiger partial charge < -0.3 is 10.5 Å². The molecule has 27 heavy (non-hydrogen) atoms. The predicted molar refractivity (Wildman–Crippen MR) is 111 cm³/mol. The smallest absolute Gasteiger partial charge is 0.267 e. The van der Waals surface area contributed by atoms with Gasteiger partial charge in [0.2, 0.25) is 0 Å². The molecule has 0 fully saturated rings. The first kappa shape index (κ1) is 19.5. The maximum Gasteiger partial charge on any atom is 0.267 e. The molecule has 0 bridgehead atoms. The summed E-state index contributed by atoms with van der Waals surface area (Å²) < 4.78 is 5.25. The van der Waals surface area contributed by atoms with Crippen molar-refractivity contribution in [2.75, 3.05) is 6.73 Å².